The molecule has 0 fully saturated rings. The molecule has 1 aliphatic carbocycles. The van der Waals surface area contributed by atoms with Gasteiger partial charge >= 0.3 is 0 Å². The quantitative estimate of drug-likeness (QED) is 0.907. The fourth-order valence-electron chi connectivity index (χ4n) is 2.90. The van der Waals surface area contributed by atoms with Gasteiger partial charge in [0.25, 0.3) is 0 Å². The molecule has 3 nitrogen and oxygen atoms in total. The highest BCUT2D eigenvalue weighted by Crippen LogP contribution is 2.32. The van der Waals surface area contributed by atoms with Crippen molar-refractivity contribution in [1.29, 1.82) is 0 Å². The molecule has 4 heteroatoms. The summed E-state index contributed by atoms with van der Waals surface area (Å²) in [5, 5.41) is 3.43. The normalized spacial score (nSPS) is 16.7. The van der Waals surface area contributed by atoms with E-state index in [0.29, 0.717) is 12.1 Å². The highest BCUT2D eigenvalue weighted by atomic mass is 19.1. The number of nitrogens with one attached hydrogen (secondary N) is 1. The molecule has 0 aromatic heterocycles. The molecule has 3 N–H and O–H groups in total. The predicted molar refractivity (Wildman–Crippen MR) is 79.3 cm³/mol. The molecule has 0 bridgehead atoms. The number of primary amides is 1. The van der Waals surface area contributed by atoms with Crippen LogP contribution in [-0.4, -0.2) is 5.91 Å². The molecule has 1 unspecified atom stereocenters. The Morgan fingerprint density at radius 1 is 1.29 bits per heavy atom. The number of hydrogen-bond acceptors (Lipinski definition) is 2. The molecule has 108 valence electrons. The van der Waals surface area contributed by atoms with Crippen LogP contribution < -0.4 is 11.1 Å². The molecule has 3 rings (SSSR count). The molecule has 2 aromatic carbocycles. The highest BCUT2D eigenvalue weighted by Gasteiger charge is 2.24. The minimum absolute atomic E-state index is 0.118. The Morgan fingerprint density at radius 2 is 2.10 bits per heavy atom. The molecular formula is C17H17FN2O. The Hall–Kier alpha value is -2.20. The van der Waals surface area contributed by atoms with Gasteiger partial charge in [-0.1, -0.05) is 24.3 Å². The summed E-state index contributed by atoms with van der Waals surface area (Å²) in [7, 11) is 0. The lowest BCUT2D eigenvalue weighted by atomic mass is 10.1. The third-order valence-electron chi connectivity index (χ3n) is 3.98. The maximum Gasteiger partial charge on any atom is 0.248 e. The maximum absolute atomic E-state index is 13.7. The lowest BCUT2D eigenvalue weighted by molar-refractivity contribution is 0.1000. The first kappa shape index (κ1) is 13.8. The third kappa shape index (κ3) is 2.81. The van der Waals surface area contributed by atoms with Gasteiger partial charge in [-0.25, -0.2) is 4.39 Å². The zero-order valence-corrected chi connectivity index (χ0v) is 11.6. The molecule has 0 saturated heterocycles. The summed E-state index contributed by atoms with van der Waals surface area (Å²) in [4.78, 5) is 11.2. The molecule has 1 atom stereocenters. The van der Waals surface area contributed by atoms with E-state index in [1.165, 1.54) is 6.07 Å². The molecule has 21 heavy (non-hydrogen) atoms. The van der Waals surface area contributed by atoms with Gasteiger partial charge in [0.2, 0.25) is 5.91 Å². The summed E-state index contributed by atoms with van der Waals surface area (Å²) in [5.41, 5.74) is 8.65. The summed E-state index contributed by atoms with van der Waals surface area (Å²) in [5.74, 6) is -0.544. The van der Waals surface area contributed by atoms with Gasteiger partial charge in [0.05, 0.1) is 0 Å². The minimum atomic E-state index is -0.426. The monoisotopic (exact) mass is 284 g/mol. The van der Waals surface area contributed by atoms with Crippen molar-refractivity contribution in [3.63, 3.8) is 0 Å². The lowest BCUT2D eigenvalue weighted by Crippen LogP contribution is -2.19. The average molecular weight is 284 g/mol. The van der Waals surface area contributed by atoms with E-state index in [9.17, 15) is 9.18 Å². The number of benzene rings is 2. The average Bonchev–Trinajstić information content (AvgIpc) is 2.90. The van der Waals surface area contributed by atoms with Crippen molar-refractivity contribution in [2.24, 2.45) is 5.73 Å². The molecule has 2 aromatic rings. The van der Waals surface area contributed by atoms with Gasteiger partial charge in [-0.15, -0.1) is 0 Å². The Kier molecular flexibility index (Phi) is 3.71. The van der Waals surface area contributed by atoms with Crippen LogP contribution in [0.2, 0.25) is 0 Å². The maximum atomic E-state index is 13.7. The molecule has 0 saturated carbocycles. The third-order valence-corrected chi connectivity index (χ3v) is 3.98. The first-order valence-corrected chi connectivity index (χ1v) is 7.04. The van der Waals surface area contributed by atoms with Crippen molar-refractivity contribution in [2.75, 3.05) is 0 Å². The van der Waals surface area contributed by atoms with Gasteiger partial charge in [0.1, 0.15) is 5.82 Å². The second-order valence-electron chi connectivity index (χ2n) is 5.34. The number of hydrogen-bond donors (Lipinski definition) is 2. The van der Waals surface area contributed by atoms with Gasteiger partial charge in [0.15, 0.2) is 0 Å². The SMILES string of the molecule is NC(=O)c1cccc(CNC2CCc3c(F)cccc32)c1. The fourth-order valence-corrected chi connectivity index (χ4v) is 2.90. The molecule has 0 aliphatic heterocycles. The van der Waals surface area contributed by atoms with Gasteiger partial charge < -0.3 is 11.1 Å². The van der Waals surface area contributed by atoms with Crippen LogP contribution >= 0.6 is 0 Å². The van der Waals surface area contributed by atoms with E-state index in [4.69, 9.17) is 5.73 Å². The zero-order chi connectivity index (χ0) is 14.8. The number of amides is 1. The lowest BCUT2D eigenvalue weighted by Gasteiger charge is -2.14. The largest absolute Gasteiger partial charge is 0.366 e. The van der Waals surface area contributed by atoms with Crippen LogP contribution in [0.4, 0.5) is 4.39 Å². The second-order valence-corrected chi connectivity index (χ2v) is 5.34. The van der Waals surface area contributed by atoms with Crippen LogP contribution in [0.3, 0.4) is 0 Å². The second kappa shape index (κ2) is 5.66. The number of halogens is 1. The van der Waals surface area contributed by atoms with Gasteiger partial charge in [0, 0.05) is 18.2 Å². The van der Waals surface area contributed by atoms with E-state index in [1.807, 2.05) is 18.2 Å². The van der Waals surface area contributed by atoms with Crippen molar-refractivity contribution in [3.8, 4) is 0 Å². The summed E-state index contributed by atoms with van der Waals surface area (Å²) >= 11 is 0. The number of fused-ring (bicyclic) bond motifs is 1. The van der Waals surface area contributed by atoms with Crippen LogP contribution in [0, 0.1) is 5.82 Å². The molecule has 0 heterocycles. The van der Waals surface area contributed by atoms with Crippen molar-refractivity contribution in [1.82, 2.24) is 5.32 Å². The Labute approximate surface area is 123 Å². The number of rotatable bonds is 4. The van der Waals surface area contributed by atoms with Crippen LogP contribution in [0.1, 0.15) is 39.5 Å². The van der Waals surface area contributed by atoms with Crippen LogP contribution in [-0.2, 0) is 13.0 Å². The summed E-state index contributed by atoms with van der Waals surface area (Å²) in [6.07, 6.45) is 1.66. The number of nitrogens with two attached hydrogens (primary N) is 1. The topological polar surface area (TPSA) is 55.1 Å². The highest BCUT2D eigenvalue weighted by molar-refractivity contribution is 5.92. The summed E-state index contributed by atoms with van der Waals surface area (Å²) in [6, 6.07) is 12.7. The number of carbonyl (C=O) groups excluding carboxylic acids is 1. The van der Waals surface area contributed by atoms with Crippen molar-refractivity contribution >= 4 is 5.91 Å². The molecule has 0 radical (unpaired) electrons. The smallest absolute Gasteiger partial charge is 0.248 e. The zero-order valence-electron chi connectivity index (χ0n) is 11.6. The van der Waals surface area contributed by atoms with E-state index in [1.54, 1.807) is 18.2 Å². The Balaban J connectivity index is 1.71. The Morgan fingerprint density at radius 3 is 2.90 bits per heavy atom. The van der Waals surface area contributed by atoms with Gasteiger partial charge in [-0.05, 0) is 47.7 Å². The van der Waals surface area contributed by atoms with Crippen LogP contribution in [0.5, 0.6) is 0 Å². The van der Waals surface area contributed by atoms with E-state index in [2.05, 4.69) is 5.32 Å². The first-order valence-electron chi connectivity index (χ1n) is 7.04. The van der Waals surface area contributed by atoms with Crippen LogP contribution in [0.25, 0.3) is 0 Å². The Bertz CT molecular complexity index is 684. The molecular weight excluding hydrogens is 267 g/mol. The van der Waals surface area contributed by atoms with Crippen molar-refractivity contribution in [3.05, 3.63) is 70.5 Å². The minimum Gasteiger partial charge on any atom is -0.366 e. The van der Waals surface area contributed by atoms with E-state index >= 15 is 0 Å². The standard InChI is InChI=1S/C17H17FN2O/c18-15-6-2-5-14-13(15)7-8-16(14)20-10-11-3-1-4-12(9-11)17(19)21/h1-6,9,16,20H,7-8,10H2,(H2,19,21). The van der Waals surface area contributed by atoms with E-state index < -0.39 is 5.91 Å². The number of carbonyl (C=O) groups is 1. The van der Waals surface area contributed by atoms with Gasteiger partial charge in [-0.3, -0.25) is 4.79 Å². The van der Waals surface area contributed by atoms with Gasteiger partial charge in [-0.2, -0.15) is 0 Å². The fraction of sp³-hybridized carbons (Fsp3) is 0.235. The first-order chi connectivity index (χ1) is 10.1. The molecule has 0 spiro atoms. The molecule has 1 amide bonds. The van der Waals surface area contributed by atoms with Crippen LogP contribution in [0.15, 0.2) is 42.5 Å². The predicted octanol–water partition coefficient (Wildman–Crippen LogP) is 2.70. The molecule has 1 aliphatic rings. The van der Waals surface area contributed by atoms with Crippen molar-refractivity contribution in [2.45, 2.75) is 25.4 Å². The van der Waals surface area contributed by atoms with E-state index in [-0.39, 0.29) is 11.9 Å². The summed E-state index contributed by atoms with van der Waals surface area (Å²) < 4.78 is 13.7. The van der Waals surface area contributed by atoms with E-state index in [0.717, 1.165) is 29.5 Å². The van der Waals surface area contributed by atoms with Crippen molar-refractivity contribution < 1.29 is 9.18 Å². The summed E-state index contributed by atoms with van der Waals surface area (Å²) in [6.45, 7) is 0.627.